The lowest BCUT2D eigenvalue weighted by atomic mass is 10.0. The molecule has 0 spiro atoms. The first-order valence-electron chi connectivity index (χ1n) is 8.15. The fourth-order valence-electron chi connectivity index (χ4n) is 2.92. The molecule has 0 bridgehead atoms. The van der Waals surface area contributed by atoms with Gasteiger partial charge in [-0.1, -0.05) is 25.1 Å². The second-order valence-corrected chi connectivity index (χ2v) is 5.73. The average molecular weight is 319 g/mol. The van der Waals surface area contributed by atoms with Crippen LogP contribution in [0, 0.1) is 0 Å². The molecule has 3 amide bonds. The van der Waals surface area contributed by atoms with E-state index < -0.39 is 6.03 Å². The van der Waals surface area contributed by atoms with E-state index in [1.807, 2.05) is 24.3 Å². The molecule has 2 rings (SSSR count). The normalized spacial score (nSPS) is 17.6. The number of ether oxygens (including phenoxy) is 1. The number of aryl methyl sites for hydroxylation is 1. The summed E-state index contributed by atoms with van der Waals surface area (Å²) in [7, 11) is 0. The molecule has 1 atom stereocenters. The van der Waals surface area contributed by atoms with Crippen LogP contribution in [0.3, 0.4) is 0 Å². The second kappa shape index (κ2) is 8.41. The molecule has 0 aliphatic carbocycles. The van der Waals surface area contributed by atoms with Crippen LogP contribution in [-0.4, -0.2) is 42.6 Å². The van der Waals surface area contributed by atoms with Crippen LogP contribution < -0.4 is 15.8 Å². The minimum Gasteiger partial charge on any atom is -0.483 e. The number of amides is 3. The van der Waals surface area contributed by atoms with E-state index in [1.165, 1.54) is 0 Å². The summed E-state index contributed by atoms with van der Waals surface area (Å²) >= 11 is 0. The molecule has 6 heteroatoms. The molecule has 1 fully saturated rings. The molecular formula is C17H25N3O3. The minimum absolute atomic E-state index is 0.00577. The molecule has 0 saturated carbocycles. The van der Waals surface area contributed by atoms with Gasteiger partial charge in [-0.15, -0.1) is 0 Å². The number of nitrogens with zero attached hydrogens (tertiary/aromatic N) is 1. The molecule has 3 N–H and O–H groups in total. The van der Waals surface area contributed by atoms with Crippen LogP contribution in [0.4, 0.5) is 4.79 Å². The second-order valence-electron chi connectivity index (χ2n) is 5.73. The van der Waals surface area contributed by atoms with Crippen molar-refractivity contribution in [2.24, 2.45) is 5.73 Å². The number of hydrogen-bond acceptors (Lipinski definition) is 3. The topological polar surface area (TPSA) is 84.7 Å². The summed E-state index contributed by atoms with van der Waals surface area (Å²) in [5, 5.41) is 2.60. The molecule has 23 heavy (non-hydrogen) atoms. The van der Waals surface area contributed by atoms with Gasteiger partial charge in [-0.3, -0.25) is 4.79 Å². The van der Waals surface area contributed by atoms with E-state index in [-0.39, 0.29) is 18.6 Å². The first-order chi connectivity index (χ1) is 11.1. The fraction of sp³-hybridized carbons (Fsp3) is 0.529. The van der Waals surface area contributed by atoms with Gasteiger partial charge >= 0.3 is 6.03 Å². The number of piperidine rings is 1. The van der Waals surface area contributed by atoms with Gasteiger partial charge in [0.1, 0.15) is 5.75 Å². The van der Waals surface area contributed by atoms with E-state index in [9.17, 15) is 9.59 Å². The maximum Gasteiger partial charge on any atom is 0.312 e. The highest BCUT2D eigenvalue weighted by Gasteiger charge is 2.27. The molecule has 1 saturated heterocycles. The van der Waals surface area contributed by atoms with Crippen molar-refractivity contribution in [1.29, 1.82) is 0 Å². The molecule has 1 heterocycles. The van der Waals surface area contributed by atoms with Crippen LogP contribution in [-0.2, 0) is 11.2 Å². The Morgan fingerprint density at radius 3 is 2.87 bits per heavy atom. The number of carbonyl (C=O) groups is 2. The Morgan fingerprint density at radius 1 is 1.35 bits per heavy atom. The third-order valence-corrected chi connectivity index (χ3v) is 4.16. The Labute approximate surface area is 137 Å². The predicted octanol–water partition coefficient (Wildman–Crippen LogP) is 1.68. The van der Waals surface area contributed by atoms with Crippen molar-refractivity contribution in [2.45, 2.75) is 38.6 Å². The predicted molar refractivity (Wildman–Crippen MR) is 88.3 cm³/mol. The fourth-order valence-corrected chi connectivity index (χ4v) is 2.92. The number of likely N-dealkylation sites (tertiary alicyclic amines) is 1. The molecule has 1 aromatic carbocycles. The number of urea groups is 1. The Balaban J connectivity index is 1.93. The van der Waals surface area contributed by atoms with Crippen molar-refractivity contribution in [3.63, 3.8) is 0 Å². The molecule has 0 aromatic heterocycles. The van der Waals surface area contributed by atoms with Crippen LogP contribution in [0.5, 0.6) is 5.75 Å². The smallest absolute Gasteiger partial charge is 0.312 e. The summed E-state index contributed by atoms with van der Waals surface area (Å²) < 4.78 is 5.71. The number of para-hydroxylation sites is 1. The zero-order chi connectivity index (χ0) is 16.7. The van der Waals surface area contributed by atoms with Crippen LogP contribution in [0.1, 0.15) is 31.7 Å². The number of rotatable bonds is 6. The maximum atomic E-state index is 12.5. The Kier molecular flexibility index (Phi) is 6.26. The Morgan fingerprint density at radius 2 is 2.13 bits per heavy atom. The van der Waals surface area contributed by atoms with Gasteiger partial charge in [0.2, 0.25) is 0 Å². The third kappa shape index (κ3) is 4.87. The van der Waals surface area contributed by atoms with Gasteiger partial charge in [0, 0.05) is 19.1 Å². The quantitative estimate of drug-likeness (QED) is 0.836. The van der Waals surface area contributed by atoms with Crippen molar-refractivity contribution >= 4 is 11.9 Å². The minimum atomic E-state index is -0.559. The summed E-state index contributed by atoms with van der Waals surface area (Å²) in [4.78, 5) is 25.2. The largest absolute Gasteiger partial charge is 0.483 e. The van der Waals surface area contributed by atoms with Crippen LogP contribution in [0.15, 0.2) is 24.3 Å². The van der Waals surface area contributed by atoms with Crippen LogP contribution >= 0.6 is 0 Å². The van der Waals surface area contributed by atoms with Crippen LogP contribution in [0.2, 0.25) is 0 Å². The highest BCUT2D eigenvalue weighted by molar-refractivity contribution is 5.78. The Hall–Kier alpha value is -2.24. The van der Waals surface area contributed by atoms with Gasteiger partial charge in [0.05, 0.1) is 0 Å². The first kappa shape index (κ1) is 17.1. The SMILES string of the molecule is CCc1ccccc1OCC(=O)N1CCCC[C@H]1CNC(N)=O. The highest BCUT2D eigenvalue weighted by atomic mass is 16.5. The number of nitrogens with two attached hydrogens (primary N) is 1. The monoisotopic (exact) mass is 319 g/mol. The van der Waals surface area contributed by atoms with Gasteiger partial charge in [0.25, 0.3) is 5.91 Å². The number of hydrogen-bond donors (Lipinski definition) is 2. The molecule has 1 aromatic rings. The summed E-state index contributed by atoms with van der Waals surface area (Å²) in [6.07, 6.45) is 3.76. The zero-order valence-corrected chi connectivity index (χ0v) is 13.6. The maximum absolute atomic E-state index is 12.5. The molecule has 0 unspecified atom stereocenters. The first-order valence-corrected chi connectivity index (χ1v) is 8.15. The van der Waals surface area contributed by atoms with Gasteiger partial charge in [-0.2, -0.15) is 0 Å². The Bertz CT molecular complexity index is 548. The molecule has 1 aliphatic heterocycles. The summed E-state index contributed by atoms with van der Waals surface area (Å²) in [5.74, 6) is 0.707. The van der Waals surface area contributed by atoms with E-state index in [2.05, 4.69) is 12.2 Å². The third-order valence-electron chi connectivity index (χ3n) is 4.16. The summed E-state index contributed by atoms with van der Waals surface area (Å²) in [5.41, 5.74) is 6.21. The van der Waals surface area contributed by atoms with E-state index in [0.717, 1.165) is 37.0 Å². The molecule has 1 aliphatic rings. The number of benzene rings is 1. The lowest BCUT2D eigenvalue weighted by Gasteiger charge is -2.35. The van der Waals surface area contributed by atoms with Crippen molar-refractivity contribution in [3.05, 3.63) is 29.8 Å². The zero-order valence-electron chi connectivity index (χ0n) is 13.6. The summed E-state index contributed by atoms with van der Waals surface area (Å²) in [6, 6.07) is 7.18. The van der Waals surface area contributed by atoms with Gasteiger partial charge < -0.3 is 20.7 Å². The van der Waals surface area contributed by atoms with Gasteiger partial charge in [0.15, 0.2) is 6.61 Å². The van der Waals surface area contributed by atoms with Crippen LogP contribution in [0.25, 0.3) is 0 Å². The van der Waals surface area contributed by atoms with E-state index in [0.29, 0.717) is 13.1 Å². The molecule has 6 nitrogen and oxygen atoms in total. The molecule has 0 radical (unpaired) electrons. The summed E-state index contributed by atoms with van der Waals surface area (Å²) in [6.45, 7) is 3.17. The van der Waals surface area contributed by atoms with E-state index in [1.54, 1.807) is 4.90 Å². The van der Waals surface area contributed by atoms with E-state index in [4.69, 9.17) is 10.5 Å². The van der Waals surface area contributed by atoms with Crippen molar-refractivity contribution in [2.75, 3.05) is 19.7 Å². The lowest BCUT2D eigenvalue weighted by molar-refractivity contribution is -0.136. The van der Waals surface area contributed by atoms with Gasteiger partial charge in [-0.05, 0) is 37.3 Å². The van der Waals surface area contributed by atoms with Crippen molar-refractivity contribution in [3.8, 4) is 5.75 Å². The van der Waals surface area contributed by atoms with Crippen molar-refractivity contribution < 1.29 is 14.3 Å². The average Bonchev–Trinajstić information content (AvgIpc) is 2.58. The van der Waals surface area contributed by atoms with Gasteiger partial charge in [-0.25, -0.2) is 4.79 Å². The van der Waals surface area contributed by atoms with E-state index >= 15 is 0 Å². The number of nitrogens with one attached hydrogen (secondary N) is 1. The molecule has 126 valence electrons. The lowest BCUT2D eigenvalue weighted by Crippen LogP contribution is -2.51. The molecular weight excluding hydrogens is 294 g/mol. The van der Waals surface area contributed by atoms with Crippen molar-refractivity contribution in [1.82, 2.24) is 10.2 Å². The number of carbonyl (C=O) groups excluding carboxylic acids is 2. The standard InChI is InChI=1S/C17H25N3O3/c1-2-13-7-3-4-9-15(13)23-12-16(21)20-10-6-5-8-14(20)11-19-17(18)22/h3-4,7,9,14H,2,5-6,8,10-12H2,1H3,(H3,18,19,22)/t14-/m0/s1. The number of primary amides is 1. The highest BCUT2D eigenvalue weighted by Crippen LogP contribution is 2.20.